The predicted molar refractivity (Wildman–Crippen MR) is 56.2 cm³/mol. The van der Waals surface area contributed by atoms with Crippen LogP contribution < -0.4 is 0 Å². The third-order valence-electron chi connectivity index (χ3n) is 2.35. The molecule has 9 heteroatoms. The van der Waals surface area contributed by atoms with E-state index in [1.807, 2.05) is 0 Å². The summed E-state index contributed by atoms with van der Waals surface area (Å²) in [5.41, 5.74) is -1.07. The molecule has 0 radical (unpaired) electrons. The van der Waals surface area contributed by atoms with Crippen LogP contribution in [-0.2, 0) is 19.1 Å². The number of hydrogen-bond acceptors (Lipinski definition) is 5. The Balaban J connectivity index is 2.27. The topological polar surface area (TPSA) is 77.0 Å². The zero-order valence-corrected chi connectivity index (χ0v) is 9.98. The van der Waals surface area contributed by atoms with Gasteiger partial charge in [-0.2, -0.15) is 23.3 Å². The van der Waals surface area contributed by atoms with E-state index in [1.165, 1.54) is 6.20 Å². The fourth-order valence-electron chi connectivity index (χ4n) is 1.63. The molecule has 0 saturated carbocycles. The van der Waals surface area contributed by atoms with Crippen molar-refractivity contribution in [2.45, 2.75) is 26.1 Å². The lowest BCUT2D eigenvalue weighted by molar-refractivity contribution is -0.142. The first-order valence-corrected chi connectivity index (χ1v) is 5.43. The smallest absolute Gasteiger partial charge is 0.396 e. The second kappa shape index (κ2) is 5.00. The highest BCUT2D eigenvalue weighted by Crippen LogP contribution is 2.30. The molecule has 2 rings (SSSR count). The van der Waals surface area contributed by atoms with Gasteiger partial charge in [0.25, 0.3) is 0 Å². The normalized spacial score (nSPS) is 12.1. The predicted octanol–water partition coefficient (Wildman–Crippen LogP) is 1.18. The molecule has 2 heterocycles. The first-order chi connectivity index (χ1) is 8.90. The molecular weight excluding hydrogens is 265 g/mol. The Morgan fingerprint density at radius 1 is 1.42 bits per heavy atom. The van der Waals surface area contributed by atoms with Crippen LogP contribution in [0.1, 0.15) is 23.0 Å². The SMILES string of the molecule is Cc1noc(Cn2cc(CCO)c(C(F)(F)F)n2)n1. The van der Waals surface area contributed by atoms with Gasteiger partial charge in [-0.3, -0.25) is 4.68 Å². The van der Waals surface area contributed by atoms with Gasteiger partial charge in [0.2, 0.25) is 5.89 Å². The number of aliphatic hydroxyl groups is 1. The van der Waals surface area contributed by atoms with Crippen LogP contribution in [0, 0.1) is 6.92 Å². The van der Waals surface area contributed by atoms with Gasteiger partial charge in [0.1, 0.15) is 6.54 Å². The Hall–Kier alpha value is -1.90. The van der Waals surface area contributed by atoms with E-state index in [0.717, 1.165) is 4.68 Å². The maximum Gasteiger partial charge on any atom is 0.435 e. The van der Waals surface area contributed by atoms with Crippen molar-refractivity contribution in [3.05, 3.63) is 29.2 Å². The van der Waals surface area contributed by atoms with E-state index in [2.05, 4.69) is 15.2 Å². The standard InChI is InChI=1S/C10H11F3N4O2/c1-6-14-8(19-16-6)5-17-4-7(2-3-18)9(15-17)10(11,12)13/h4,18H,2-3,5H2,1H3. The molecule has 104 valence electrons. The van der Waals surface area contributed by atoms with Crippen molar-refractivity contribution in [1.82, 2.24) is 19.9 Å². The molecule has 0 fully saturated rings. The van der Waals surface area contributed by atoms with Crippen LogP contribution in [0.2, 0.25) is 0 Å². The molecule has 0 amide bonds. The zero-order chi connectivity index (χ0) is 14.0. The summed E-state index contributed by atoms with van der Waals surface area (Å²) in [6.07, 6.45) is -3.45. The average Bonchev–Trinajstić information content (AvgIpc) is 2.86. The minimum atomic E-state index is -4.56. The highest BCUT2D eigenvalue weighted by atomic mass is 19.4. The van der Waals surface area contributed by atoms with E-state index in [0.29, 0.717) is 5.82 Å². The quantitative estimate of drug-likeness (QED) is 0.907. The molecule has 0 aliphatic heterocycles. The summed E-state index contributed by atoms with van der Waals surface area (Å²) in [6, 6.07) is 0. The fourth-order valence-corrected chi connectivity index (χ4v) is 1.63. The fraction of sp³-hybridized carbons (Fsp3) is 0.500. The summed E-state index contributed by atoms with van der Waals surface area (Å²) >= 11 is 0. The second-order valence-electron chi connectivity index (χ2n) is 3.91. The Kier molecular flexibility index (Phi) is 3.56. The Morgan fingerprint density at radius 3 is 2.68 bits per heavy atom. The number of alkyl halides is 3. The van der Waals surface area contributed by atoms with Crippen LogP contribution in [0.5, 0.6) is 0 Å². The van der Waals surface area contributed by atoms with Gasteiger partial charge in [-0.1, -0.05) is 5.16 Å². The molecule has 0 bridgehead atoms. The third-order valence-corrected chi connectivity index (χ3v) is 2.35. The van der Waals surface area contributed by atoms with Crippen molar-refractivity contribution >= 4 is 0 Å². The summed E-state index contributed by atoms with van der Waals surface area (Å²) in [7, 11) is 0. The van der Waals surface area contributed by atoms with E-state index in [-0.39, 0.29) is 31.0 Å². The molecule has 2 aromatic rings. The van der Waals surface area contributed by atoms with Gasteiger partial charge in [0.15, 0.2) is 11.5 Å². The van der Waals surface area contributed by atoms with E-state index in [4.69, 9.17) is 9.63 Å². The van der Waals surface area contributed by atoms with Crippen molar-refractivity contribution in [1.29, 1.82) is 0 Å². The molecule has 0 unspecified atom stereocenters. The summed E-state index contributed by atoms with van der Waals surface area (Å²) in [5, 5.41) is 15.8. The van der Waals surface area contributed by atoms with Crippen LogP contribution in [-0.4, -0.2) is 31.6 Å². The van der Waals surface area contributed by atoms with Crippen molar-refractivity contribution in [2.75, 3.05) is 6.61 Å². The number of nitrogens with zero attached hydrogens (tertiary/aromatic N) is 4. The number of aromatic nitrogens is 4. The van der Waals surface area contributed by atoms with E-state index < -0.39 is 11.9 Å². The molecule has 0 spiro atoms. The van der Waals surface area contributed by atoms with Crippen LogP contribution >= 0.6 is 0 Å². The van der Waals surface area contributed by atoms with Crippen LogP contribution in [0.4, 0.5) is 13.2 Å². The Morgan fingerprint density at radius 2 is 2.16 bits per heavy atom. The molecular formula is C10H11F3N4O2. The first kappa shape index (κ1) is 13.5. The lowest BCUT2D eigenvalue weighted by atomic mass is 10.2. The van der Waals surface area contributed by atoms with Crippen molar-refractivity contribution in [3.8, 4) is 0 Å². The molecule has 6 nitrogen and oxygen atoms in total. The van der Waals surface area contributed by atoms with Crippen LogP contribution in [0.15, 0.2) is 10.7 Å². The van der Waals surface area contributed by atoms with Gasteiger partial charge < -0.3 is 9.63 Å². The lowest BCUT2D eigenvalue weighted by Gasteiger charge is -2.04. The number of hydrogen-bond donors (Lipinski definition) is 1. The summed E-state index contributed by atoms with van der Waals surface area (Å²) < 4.78 is 44.0. The van der Waals surface area contributed by atoms with Gasteiger partial charge in [-0.15, -0.1) is 0 Å². The molecule has 0 aromatic carbocycles. The molecule has 0 aliphatic carbocycles. The summed E-state index contributed by atoms with van der Waals surface area (Å²) in [5.74, 6) is 0.568. The molecule has 0 saturated heterocycles. The van der Waals surface area contributed by atoms with E-state index >= 15 is 0 Å². The van der Waals surface area contributed by atoms with Gasteiger partial charge in [0.05, 0.1) is 0 Å². The minimum Gasteiger partial charge on any atom is -0.396 e. The Bertz CT molecular complexity index is 561. The van der Waals surface area contributed by atoms with E-state index in [1.54, 1.807) is 6.92 Å². The number of aliphatic hydroxyl groups excluding tert-OH is 1. The molecule has 1 N–H and O–H groups in total. The van der Waals surface area contributed by atoms with Crippen molar-refractivity contribution < 1.29 is 22.8 Å². The molecule has 0 atom stereocenters. The minimum absolute atomic E-state index is 0.0463. The van der Waals surface area contributed by atoms with Gasteiger partial charge >= 0.3 is 6.18 Å². The van der Waals surface area contributed by atoms with Crippen LogP contribution in [0.3, 0.4) is 0 Å². The zero-order valence-electron chi connectivity index (χ0n) is 9.98. The summed E-state index contributed by atoms with van der Waals surface area (Å²) in [4.78, 5) is 3.88. The molecule has 2 aromatic heterocycles. The lowest BCUT2D eigenvalue weighted by Crippen LogP contribution is -2.11. The number of rotatable bonds is 4. The second-order valence-corrected chi connectivity index (χ2v) is 3.91. The Labute approximate surface area is 105 Å². The maximum atomic E-state index is 12.7. The van der Waals surface area contributed by atoms with E-state index in [9.17, 15) is 13.2 Å². The molecule has 0 aliphatic rings. The highest BCUT2D eigenvalue weighted by molar-refractivity contribution is 5.20. The maximum absolute atomic E-state index is 12.7. The van der Waals surface area contributed by atoms with Gasteiger partial charge in [-0.25, -0.2) is 0 Å². The third kappa shape index (κ3) is 3.11. The largest absolute Gasteiger partial charge is 0.435 e. The monoisotopic (exact) mass is 276 g/mol. The first-order valence-electron chi connectivity index (χ1n) is 5.43. The summed E-state index contributed by atoms with van der Waals surface area (Å²) in [6.45, 7) is 1.18. The average molecular weight is 276 g/mol. The van der Waals surface area contributed by atoms with Crippen LogP contribution in [0.25, 0.3) is 0 Å². The highest BCUT2D eigenvalue weighted by Gasteiger charge is 2.36. The number of halogens is 3. The molecule has 19 heavy (non-hydrogen) atoms. The van der Waals surface area contributed by atoms with Crippen molar-refractivity contribution in [2.24, 2.45) is 0 Å². The van der Waals surface area contributed by atoms with Gasteiger partial charge in [0, 0.05) is 18.4 Å². The number of aryl methyl sites for hydroxylation is 1. The van der Waals surface area contributed by atoms with Crippen molar-refractivity contribution in [3.63, 3.8) is 0 Å². The van der Waals surface area contributed by atoms with Gasteiger partial charge in [-0.05, 0) is 13.3 Å².